The van der Waals surface area contributed by atoms with Crippen molar-refractivity contribution in [3.05, 3.63) is 42.2 Å². The number of rotatable bonds is 4. The largest absolute Gasteiger partial charge is 0.392 e. The van der Waals surface area contributed by atoms with Gasteiger partial charge in [-0.15, -0.1) is 0 Å². The van der Waals surface area contributed by atoms with Gasteiger partial charge in [0.25, 0.3) is 0 Å². The number of fused-ring (bicyclic) bond motifs is 1. The molecule has 98 valence electrons. The molecule has 5 nitrogen and oxygen atoms in total. The van der Waals surface area contributed by atoms with Crippen LogP contribution in [0.4, 0.5) is 0 Å². The van der Waals surface area contributed by atoms with Crippen molar-refractivity contribution in [2.24, 2.45) is 0 Å². The summed E-state index contributed by atoms with van der Waals surface area (Å²) in [4.78, 5) is 20.0. The van der Waals surface area contributed by atoms with Crippen LogP contribution in [-0.4, -0.2) is 33.6 Å². The highest BCUT2D eigenvalue weighted by atomic mass is 16.3. The van der Waals surface area contributed by atoms with E-state index < -0.39 is 6.10 Å². The van der Waals surface area contributed by atoms with Crippen LogP contribution in [0.2, 0.25) is 0 Å². The number of carbonyl (C=O) groups is 1. The molecule has 0 saturated carbocycles. The number of aromatic nitrogens is 2. The molecule has 1 heterocycles. The van der Waals surface area contributed by atoms with E-state index in [2.05, 4.69) is 15.3 Å². The van der Waals surface area contributed by atoms with Crippen LogP contribution in [0.1, 0.15) is 12.6 Å². The molecule has 2 N–H and O–H groups in total. The average molecular weight is 257 g/mol. The van der Waals surface area contributed by atoms with Crippen LogP contribution >= 0.6 is 0 Å². The Bertz CT molecular complexity index is 608. The third kappa shape index (κ3) is 3.86. The maximum atomic E-state index is 11.4. The lowest BCUT2D eigenvalue weighted by Gasteiger charge is -2.03. The number of nitrogens with one attached hydrogen (secondary N) is 1. The second kappa shape index (κ2) is 6.06. The minimum atomic E-state index is -0.558. The van der Waals surface area contributed by atoms with E-state index in [0.717, 1.165) is 11.0 Å². The number of aliphatic hydroxyl groups excluding tert-OH is 1. The van der Waals surface area contributed by atoms with Gasteiger partial charge in [0.2, 0.25) is 5.91 Å². The van der Waals surface area contributed by atoms with Crippen LogP contribution in [0.5, 0.6) is 0 Å². The highest BCUT2D eigenvalue weighted by molar-refractivity contribution is 5.91. The van der Waals surface area contributed by atoms with E-state index in [9.17, 15) is 4.79 Å². The van der Waals surface area contributed by atoms with Gasteiger partial charge in [0.15, 0.2) is 0 Å². The Kier molecular flexibility index (Phi) is 4.20. The van der Waals surface area contributed by atoms with E-state index in [1.807, 2.05) is 24.3 Å². The molecular weight excluding hydrogens is 242 g/mol. The summed E-state index contributed by atoms with van der Waals surface area (Å²) in [7, 11) is 0. The van der Waals surface area contributed by atoms with Gasteiger partial charge in [-0.05, 0) is 25.1 Å². The molecule has 0 spiro atoms. The number of carbonyl (C=O) groups excluding carboxylic acids is 1. The first-order valence-electron chi connectivity index (χ1n) is 6.01. The fraction of sp³-hybridized carbons (Fsp3) is 0.214. The minimum Gasteiger partial charge on any atom is -0.392 e. The Morgan fingerprint density at radius 2 is 2.16 bits per heavy atom. The maximum Gasteiger partial charge on any atom is 0.244 e. The molecule has 5 heteroatoms. The first-order chi connectivity index (χ1) is 9.15. The summed E-state index contributed by atoms with van der Waals surface area (Å²) in [6.07, 6.45) is 4.02. The van der Waals surface area contributed by atoms with E-state index in [4.69, 9.17) is 5.11 Å². The number of aliphatic hydroxyl groups is 1. The maximum absolute atomic E-state index is 11.4. The summed E-state index contributed by atoms with van der Waals surface area (Å²) >= 11 is 0. The second-order valence-corrected chi connectivity index (χ2v) is 4.21. The Morgan fingerprint density at radius 1 is 1.42 bits per heavy atom. The lowest BCUT2D eigenvalue weighted by atomic mass is 10.3. The van der Waals surface area contributed by atoms with Crippen LogP contribution in [-0.2, 0) is 4.79 Å². The van der Waals surface area contributed by atoms with Gasteiger partial charge in [0, 0.05) is 12.6 Å². The predicted molar refractivity (Wildman–Crippen MR) is 73.3 cm³/mol. The monoisotopic (exact) mass is 257 g/mol. The minimum absolute atomic E-state index is 0.229. The molecule has 1 unspecified atom stereocenters. The number of para-hydroxylation sites is 2. The Balaban J connectivity index is 2.06. The molecule has 0 fully saturated rings. The summed E-state index contributed by atoms with van der Waals surface area (Å²) in [5.74, 6) is -0.268. The molecule has 0 aliphatic heterocycles. The van der Waals surface area contributed by atoms with Crippen molar-refractivity contribution < 1.29 is 9.90 Å². The van der Waals surface area contributed by atoms with Gasteiger partial charge in [-0.2, -0.15) is 0 Å². The molecule has 0 aliphatic rings. The molecular formula is C14H15N3O2. The van der Waals surface area contributed by atoms with Crippen LogP contribution < -0.4 is 5.32 Å². The average Bonchev–Trinajstić information content (AvgIpc) is 2.42. The zero-order chi connectivity index (χ0) is 13.7. The number of amides is 1. The van der Waals surface area contributed by atoms with Gasteiger partial charge in [0.05, 0.1) is 29.0 Å². The fourth-order valence-electron chi connectivity index (χ4n) is 1.52. The third-order valence-corrected chi connectivity index (χ3v) is 2.44. The number of benzene rings is 1. The van der Waals surface area contributed by atoms with Gasteiger partial charge < -0.3 is 10.4 Å². The number of nitrogens with zero attached hydrogens (tertiary/aromatic N) is 2. The standard InChI is InChI=1S/C14H15N3O2/c1-10(18)8-16-14(19)7-6-11-9-15-12-4-2-3-5-13(12)17-11/h2-7,9-10,18H,8H2,1H3,(H,16,19)/b7-6+. The summed E-state index contributed by atoms with van der Waals surface area (Å²) in [6, 6.07) is 7.54. The molecule has 0 radical (unpaired) electrons. The highest BCUT2D eigenvalue weighted by Crippen LogP contribution is 2.09. The molecule has 1 atom stereocenters. The molecule has 1 aromatic carbocycles. The predicted octanol–water partition coefficient (Wildman–Crippen LogP) is 1.14. The molecule has 0 aliphatic carbocycles. The Morgan fingerprint density at radius 3 is 2.89 bits per heavy atom. The Labute approximate surface area is 111 Å². The first-order valence-corrected chi connectivity index (χ1v) is 6.01. The van der Waals surface area contributed by atoms with Crippen molar-refractivity contribution in [3.63, 3.8) is 0 Å². The van der Waals surface area contributed by atoms with Crippen LogP contribution in [0.15, 0.2) is 36.5 Å². The zero-order valence-corrected chi connectivity index (χ0v) is 10.6. The van der Waals surface area contributed by atoms with E-state index in [1.54, 1.807) is 19.2 Å². The SMILES string of the molecule is CC(O)CNC(=O)/C=C/c1cnc2ccccc2n1. The molecule has 2 rings (SSSR count). The van der Waals surface area contributed by atoms with Crippen molar-refractivity contribution in [3.8, 4) is 0 Å². The van der Waals surface area contributed by atoms with Crippen LogP contribution in [0, 0.1) is 0 Å². The second-order valence-electron chi connectivity index (χ2n) is 4.21. The van der Waals surface area contributed by atoms with Gasteiger partial charge in [-0.1, -0.05) is 12.1 Å². The summed E-state index contributed by atoms with van der Waals surface area (Å²) in [6.45, 7) is 1.84. The van der Waals surface area contributed by atoms with Gasteiger partial charge in [0.1, 0.15) is 0 Å². The third-order valence-electron chi connectivity index (χ3n) is 2.44. The molecule has 1 aromatic heterocycles. The summed E-state index contributed by atoms with van der Waals surface area (Å²) in [5, 5.41) is 11.6. The van der Waals surface area contributed by atoms with E-state index in [-0.39, 0.29) is 12.5 Å². The molecule has 0 saturated heterocycles. The molecule has 19 heavy (non-hydrogen) atoms. The van der Waals surface area contributed by atoms with Gasteiger partial charge >= 0.3 is 0 Å². The van der Waals surface area contributed by atoms with Gasteiger partial charge in [-0.25, -0.2) is 4.98 Å². The molecule has 0 bridgehead atoms. The normalized spacial score (nSPS) is 12.7. The van der Waals surface area contributed by atoms with Crippen molar-refractivity contribution >= 4 is 23.0 Å². The lowest BCUT2D eigenvalue weighted by molar-refractivity contribution is -0.116. The smallest absolute Gasteiger partial charge is 0.244 e. The quantitative estimate of drug-likeness (QED) is 0.805. The zero-order valence-electron chi connectivity index (χ0n) is 10.6. The van der Waals surface area contributed by atoms with Crippen molar-refractivity contribution in [1.29, 1.82) is 0 Å². The van der Waals surface area contributed by atoms with Crippen LogP contribution in [0.3, 0.4) is 0 Å². The van der Waals surface area contributed by atoms with Crippen molar-refractivity contribution in [2.45, 2.75) is 13.0 Å². The Hall–Kier alpha value is -2.27. The van der Waals surface area contributed by atoms with E-state index in [1.165, 1.54) is 6.08 Å². The van der Waals surface area contributed by atoms with Crippen molar-refractivity contribution in [1.82, 2.24) is 15.3 Å². The highest BCUT2D eigenvalue weighted by Gasteiger charge is 2.00. The molecule has 2 aromatic rings. The number of hydrogen-bond acceptors (Lipinski definition) is 4. The summed E-state index contributed by atoms with van der Waals surface area (Å²) < 4.78 is 0. The topological polar surface area (TPSA) is 75.1 Å². The summed E-state index contributed by atoms with van der Waals surface area (Å²) in [5.41, 5.74) is 2.22. The number of hydrogen-bond donors (Lipinski definition) is 2. The van der Waals surface area contributed by atoms with E-state index in [0.29, 0.717) is 5.69 Å². The molecule has 1 amide bonds. The first kappa shape index (κ1) is 13.2. The van der Waals surface area contributed by atoms with Crippen LogP contribution in [0.25, 0.3) is 17.1 Å². The fourth-order valence-corrected chi connectivity index (χ4v) is 1.52. The lowest BCUT2D eigenvalue weighted by Crippen LogP contribution is -2.28. The van der Waals surface area contributed by atoms with Crippen molar-refractivity contribution in [2.75, 3.05) is 6.54 Å². The van der Waals surface area contributed by atoms with Gasteiger partial charge in [-0.3, -0.25) is 9.78 Å². The van der Waals surface area contributed by atoms with E-state index >= 15 is 0 Å².